The van der Waals surface area contributed by atoms with Crippen molar-refractivity contribution in [2.45, 2.75) is 39.4 Å². The highest BCUT2D eigenvalue weighted by atomic mass is 32.2. The molecular formula is C21H27NOS. The van der Waals surface area contributed by atoms with E-state index in [1.165, 1.54) is 27.8 Å². The van der Waals surface area contributed by atoms with Gasteiger partial charge < -0.3 is 5.32 Å². The Balaban J connectivity index is 1.60. The van der Waals surface area contributed by atoms with E-state index in [9.17, 15) is 4.79 Å². The molecule has 2 aromatic carbocycles. The maximum Gasteiger partial charge on any atom is 0.230 e. The Morgan fingerprint density at radius 3 is 2.25 bits per heavy atom. The average molecular weight is 342 g/mol. The zero-order chi connectivity index (χ0) is 17.4. The van der Waals surface area contributed by atoms with Crippen LogP contribution in [-0.2, 0) is 17.0 Å². The van der Waals surface area contributed by atoms with Crippen LogP contribution in [0.25, 0.3) is 0 Å². The number of nitrogens with one attached hydrogen (secondary N) is 1. The molecule has 0 bridgehead atoms. The lowest BCUT2D eigenvalue weighted by Crippen LogP contribution is -2.26. The standard InChI is InChI=1S/C21H27NOS/c1-16-6-8-19(9-7-16)5-4-10-22-21(23)15-24-14-20-12-17(2)11-18(3)13-20/h6-9,11-13H,4-5,10,14-15H2,1-3H3,(H,22,23). The molecule has 24 heavy (non-hydrogen) atoms. The molecule has 0 aliphatic heterocycles. The summed E-state index contributed by atoms with van der Waals surface area (Å²) < 4.78 is 0. The minimum atomic E-state index is 0.133. The van der Waals surface area contributed by atoms with E-state index >= 15 is 0 Å². The molecule has 128 valence electrons. The summed E-state index contributed by atoms with van der Waals surface area (Å²) in [6.07, 6.45) is 1.99. The molecule has 2 rings (SSSR count). The number of thioether (sulfide) groups is 1. The van der Waals surface area contributed by atoms with Gasteiger partial charge in [0.15, 0.2) is 0 Å². The Labute approximate surface area is 150 Å². The predicted octanol–water partition coefficient (Wildman–Crippen LogP) is 4.59. The Hall–Kier alpha value is -1.74. The van der Waals surface area contributed by atoms with Gasteiger partial charge in [0.2, 0.25) is 5.91 Å². The van der Waals surface area contributed by atoms with Gasteiger partial charge in [-0.05, 0) is 44.7 Å². The van der Waals surface area contributed by atoms with Crippen molar-refractivity contribution >= 4 is 17.7 Å². The minimum absolute atomic E-state index is 0.133. The molecule has 0 radical (unpaired) electrons. The lowest BCUT2D eigenvalue weighted by Gasteiger charge is -2.07. The van der Waals surface area contributed by atoms with Crippen molar-refractivity contribution in [1.82, 2.24) is 5.32 Å². The molecule has 0 aliphatic rings. The second-order valence-corrected chi connectivity index (χ2v) is 7.41. The monoisotopic (exact) mass is 341 g/mol. The van der Waals surface area contributed by atoms with Crippen LogP contribution in [0.3, 0.4) is 0 Å². The first-order valence-corrected chi connectivity index (χ1v) is 9.65. The molecule has 0 aliphatic carbocycles. The summed E-state index contributed by atoms with van der Waals surface area (Å²) in [6.45, 7) is 7.07. The number of amides is 1. The fourth-order valence-corrected chi connectivity index (χ4v) is 3.53. The molecule has 0 unspecified atom stereocenters. The van der Waals surface area contributed by atoms with Gasteiger partial charge in [0.05, 0.1) is 5.75 Å². The number of benzene rings is 2. The third-order valence-electron chi connectivity index (χ3n) is 3.87. The Kier molecular flexibility index (Phi) is 7.38. The summed E-state index contributed by atoms with van der Waals surface area (Å²) >= 11 is 1.68. The molecule has 0 fully saturated rings. The van der Waals surface area contributed by atoms with Crippen molar-refractivity contribution in [3.05, 3.63) is 70.3 Å². The predicted molar refractivity (Wildman–Crippen MR) is 105 cm³/mol. The van der Waals surface area contributed by atoms with Crippen molar-refractivity contribution in [3.63, 3.8) is 0 Å². The van der Waals surface area contributed by atoms with E-state index in [0.717, 1.165) is 25.1 Å². The highest BCUT2D eigenvalue weighted by Crippen LogP contribution is 2.15. The van der Waals surface area contributed by atoms with Crippen LogP contribution < -0.4 is 5.32 Å². The maximum atomic E-state index is 11.9. The summed E-state index contributed by atoms with van der Waals surface area (Å²) in [7, 11) is 0. The van der Waals surface area contributed by atoms with Crippen molar-refractivity contribution in [2.75, 3.05) is 12.3 Å². The van der Waals surface area contributed by atoms with Crippen LogP contribution in [0.2, 0.25) is 0 Å². The van der Waals surface area contributed by atoms with Crippen molar-refractivity contribution in [2.24, 2.45) is 0 Å². The number of rotatable bonds is 8. The maximum absolute atomic E-state index is 11.9. The third kappa shape index (κ3) is 6.79. The van der Waals surface area contributed by atoms with Crippen LogP contribution in [0.4, 0.5) is 0 Å². The minimum Gasteiger partial charge on any atom is -0.355 e. The number of carbonyl (C=O) groups excluding carboxylic acids is 1. The largest absolute Gasteiger partial charge is 0.355 e. The smallest absolute Gasteiger partial charge is 0.230 e. The second kappa shape index (κ2) is 9.53. The molecule has 0 saturated heterocycles. The highest BCUT2D eigenvalue weighted by molar-refractivity contribution is 7.99. The number of aryl methyl sites for hydroxylation is 4. The Morgan fingerprint density at radius 2 is 1.58 bits per heavy atom. The van der Waals surface area contributed by atoms with Gasteiger partial charge in [-0.1, -0.05) is 59.2 Å². The van der Waals surface area contributed by atoms with E-state index in [-0.39, 0.29) is 5.91 Å². The van der Waals surface area contributed by atoms with Gasteiger partial charge in [-0.3, -0.25) is 4.79 Å². The Bertz CT molecular complexity index is 644. The van der Waals surface area contributed by atoms with Gasteiger partial charge in [-0.25, -0.2) is 0 Å². The lowest BCUT2D eigenvalue weighted by molar-refractivity contribution is -0.118. The van der Waals surface area contributed by atoms with E-state index in [1.807, 2.05) is 0 Å². The van der Waals surface area contributed by atoms with E-state index in [2.05, 4.69) is 68.6 Å². The van der Waals surface area contributed by atoms with Crippen molar-refractivity contribution in [3.8, 4) is 0 Å². The van der Waals surface area contributed by atoms with Crippen LogP contribution in [0.15, 0.2) is 42.5 Å². The van der Waals surface area contributed by atoms with Crippen molar-refractivity contribution in [1.29, 1.82) is 0 Å². The normalized spacial score (nSPS) is 10.6. The molecule has 3 heteroatoms. The molecule has 0 aromatic heterocycles. The van der Waals surface area contributed by atoms with Gasteiger partial charge in [0, 0.05) is 12.3 Å². The van der Waals surface area contributed by atoms with Crippen LogP contribution in [0.5, 0.6) is 0 Å². The van der Waals surface area contributed by atoms with Crippen LogP contribution >= 0.6 is 11.8 Å². The van der Waals surface area contributed by atoms with Crippen LogP contribution in [0.1, 0.15) is 34.2 Å². The molecular weight excluding hydrogens is 314 g/mol. The van der Waals surface area contributed by atoms with E-state index in [1.54, 1.807) is 11.8 Å². The third-order valence-corrected chi connectivity index (χ3v) is 4.87. The summed E-state index contributed by atoms with van der Waals surface area (Å²) in [5, 5.41) is 3.01. The first-order valence-electron chi connectivity index (χ1n) is 8.50. The summed E-state index contributed by atoms with van der Waals surface area (Å²) in [4.78, 5) is 11.9. The van der Waals surface area contributed by atoms with E-state index < -0.39 is 0 Å². The number of hydrogen-bond donors (Lipinski definition) is 1. The summed E-state index contributed by atoms with van der Waals surface area (Å²) in [5.41, 5.74) is 6.48. The van der Waals surface area contributed by atoms with Crippen molar-refractivity contribution < 1.29 is 4.79 Å². The molecule has 1 amide bonds. The molecule has 0 atom stereocenters. The first kappa shape index (κ1) is 18.6. The molecule has 0 spiro atoms. The molecule has 2 nitrogen and oxygen atoms in total. The summed E-state index contributed by atoms with van der Waals surface area (Å²) in [5.74, 6) is 1.55. The highest BCUT2D eigenvalue weighted by Gasteiger charge is 2.03. The molecule has 0 heterocycles. The SMILES string of the molecule is Cc1ccc(CCCNC(=O)CSCc2cc(C)cc(C)c2)cc1. The second-order valence-electron chi connectivity index (χ2n) is 6.43. The van der Waals surface area contributed by atoms with Gasteiger partial charge in [-0.2, -0.15) is 0 Å². The number of carbonyl (C=O) groups is 1. The molecule has 0 saturated carbocycles. The van der Waals surface area contributed by atoms with Gasteiger partial charge in [0.1, 0.15) is 0 Å². The zero-order valence-corrected chi connectivity index (χ0v) is 15.7. The van der Waals surface area contributed by atoms with Gasteiger partial charge in [0.25, 0.3) is 0 Å². The van der Waals surface area contributed by atoms with Crippen LogP contribution in [-0.4, -0.2) is 18.2 Å². The number of hydrogen-bond acceptors (Lipinski definition) is 2. The van der Waals surface area contributed by atoms with Gasteiger partial charge >= 0.3 is 0 Å². The Morgan fingerprint density at radius 1 is 0.917 bits per heavy atom. The van der Waals surface area contributed by atoms with Gasteiger partial charge in [-0.15, -0.1) is 11.8 Å². The fraction of sp³-hybridized carbons (Fsp3) is 0.381. The topological polar surface area (TPSA) is 29.1 Å². The fourth-order valence-electron chi connectivity index (χ4n) is 2.74. The quantitative estimate of drug-likeness (QED) is 0.711. The summed E-state index contributed by atoms with van der Waals surface area (Å²) in [6, 6.07) is 15.2. The van der Waals surface area contributed by atoms with E-state index in [4.69, 9.17) is 0 Å². The van der Waals surface area contributed by atoms with Crippen LogP contribution in [0, 0.1) is 20.8 Å². The lowest BCUT2D eigenvalue weighted by atomic mass is 10.1. The zero-order valence-electron chi connectivity index (χ0n) is 14.9. The van der Waals surface area contributed by atoms with E-state index in [0.29, 0.717) is 5.75 Å². The first-order chi connectivity index (χ1) is 11.5. The molecule has 1 N–H and O–H groups in total. The molecule has 2 aromatic rings. The average Bonchev–Trinajstić information content (AvgIpc) is 2.52.